The summed E-state index contributed by atoms with van der Waals surface area (Å²) in [5, 5.41) is 0.992. The Hall–Kier alpha value is -3.08. The van der Waals surface area contributed by atoms with Crippen molar-refractivity contribution in [1.82, 2.24) is 4.57 Å². The number of aromatic nitrogens is 1. The molecule has 5 nitrogen and oxygen atoms in total. The molecule has 1 heterocycles. The van der Waals surface area contributed by atoms with E-state index in [4.69, 9.17) is 9.47 Å². The zero-order chi connectivity index (χ0) is 20.5. The molecule has 0 spiro atoms. The van der Waals surface area contributed by atoms with Crippen molar-refractivity contribution in [2.24, 2.45) is 5.92 Å². The lowest BCUT2D eigenvalue weighted by atomic mass is 9.74. The number of aryl methyl sites for hydroxylation is 1. The SMILES string of the molecule is CCOC(=O)n1c2c(c3ccccc31)C[C@@H](C(=O)OC)[C@@H](c1ccc(C)cc1)C2. The Balaban J connectivity index is 1.89. The zero-order valence-corrected chi connectivity index (χ0v) is 17.0. The van der Waals surface area contributed by atoms with Gasteiger partial charge in [0, 0.05) is 17.0 Å². The van der Waals surface area contributed by atoms with Crippen molar-refractivity contribution in [3.8, 4) is 0 Å². The summed E-state index contributed by atoms with van der Waals surface area (Å²) in [6, 6.07) is 16.1. The number of esters is 1. The fourth-order valence-corrected chi connectivity index (χ4v) is 4.47. The molecule has 0 saturated carbocycles. The predicted octanol–water partition coefficient (Wildman–Crippen LogP) is 4.63. The molecular weight excluding hydrogens is 366 g/mol. The Kier molecular flexibility index (Phi) is 5.14. The second kappa shape index (κ2) is 7.74. The van der Waals surface area contributed by atoms with Crippen LogP contribution >= 0.6 is 0 Å². The highest BCUT2D eigenvalue weighted by Crippen LogP contribution is 2.42. The molecular formula is C24H25NO4. The second-order valence-electron chi connectivity index (χ2n) is 7.53. The molecule has 0 saturated heterocycles. The molecule has 2 atom stereocenters. The van der Waals surface area contributed by atoms with E-state index in [1.54, 1.807) is 11.5 Å². The highest BCUT2D eigenvalue weighted by atomic mass is 16.5. The van der Waals surface area contributed by atoms with E-state index in [1.807, 2.05) is 31.2 Å². The van der Waals surface area contributed by atoms with Crippen LogP contribution in [0.2, 0.25) is 0 Å². The van der Waals surface area contributed by atoms with E-state index >= 15 is 0 Å². The third-order valence-corrected chi connectivity index (χ3v) is 5.87. The average Bonchev–Trinajstić information content (AvgIpc) is 3.06. The van der Waals surface area contributed by atoms with Crippen LogP contribution in [-0.2, 0) is 27.1 Å². The van der Waals surface area contributed by atoms with Crippen molar-refractivity contribution < 1.29 is 19.1 Å². The van der Waals surface area contributed by atoms with Crippen LogP contribution in [0.25, 0.3) is 10.9 Å². The maximum Gasteiger partial charge on any atom is 0.418 e. The normalized spacial score (nSPS) is 18.3. The van der Waals surface area contributed by atoms with Gasteiger partial charge < -0.3 is 9.47 Å². The molecule has 4 rings (SSSR count). The van der Waals surface area contributed by atoms with Gasteiger partial charge in [-0.2, -0.15) is 0 Å². The maximum atomic E-state index is 12.8. The van der Waals surface area contributed by atoms with Crippen LogP contribution in [0, 0.1) is 12.8 Å². The lowest BCUT2D eigenvalue weighted by molar-refractivity contribution is -0.146. The first-order valence-corrected chi connectivity index (χ1v) is 9.97. The van der Waals surface area contributed by atoms with Crippen LogP contribution in [0.5, 0.6) is 0 Å². The predicted molar refractivity (Wildman–Crippen MR) is 111 cm³/mol. The summed E-state index contributed by atoms with van der Waals surface area (Å²) in [5.74, 6) is -0.570. The molecule has 0 aliphatic heterocycles. The number of carbonyl (C=O) groups is 2. The molecule has 3 aromatic rings. The molecule has 0 amide bonds. The van der Waals surface area contributed by atoms with Crippen LogP contribution < -0.4 is 0 Å². The van der Waals surface area contributed by atoms with E-state index in [0.717, 1.165) is 27.7 Å². The van der Waals surface area contributed by atoms with Crippen LogP contribution in [-0.4, -0.2) is 30.3 Å². The number of hydrogen-bond acceptors (Lipinski definition) is 4. The molecule has 0 unspecified atom stereocenters. The van der Waals surface area contributed by atoms with Gasteiger partial charge in [-0.3, -0.25) is 4.79 Å². The van der Waals surface area contributed by atoms with E-state index in [0.29, 0.717) is 19.4 Å². The van der Waals surface area contributed by atoms with E-state index in [1.165, 1.54) is 12.7 Å². The van der Waals surface area contributed by atoms with E-state index in [9.17, 15) is 9.59 Å². The molecule has 0 fully saturated rings. The van der Waals surface area contributed by atoms with Crippen molar-refractivity contribution >= 4 is 23.0 Å². The van der Waals surface area contributed by atoms with Gasteiger partial charge >= 0.3 is 12.1 Å². The monoisotopic (exact) mass is 391 g/mol. The number of benzene rings is 2. The molecule has 2 aromatic carbocycles. The number of fused-ring (bicyclic) bond motifs is 3. The number of hydrogen-bond donors (Lipinski definition) is 0. The Morgan fingerprint density at radius 3 is 2.48 bits per heavy atom. The summed E-state index contributed by atoms with van der Waals surface area (Å²) in [7, 11) is 1.44. The summed E-state index contributed by atoms with van der Waals surface area (Å²) in [6.45, 7) is 4.16. The first kappa shape index (κ1) is 19.2. The molecule has 1 aliphatic carbocycles. The van der Waals surface area contributed by atoms with E-state index < -0.39 is 0 Å². The number of para-hydroxylation sites is 1. The van der Waals surface area contributed by atoms with Gasteiger partial charge in [0.2, 0.25) is 0 Å². The Morgan fingerprint density at radius 1 is 1.07 bits per heavy atom. The van der Waals surface area contributed by atoms with Crippen molar-refractivity contribution in [1.29, 1.82) is 0 Å². The third kappa shape index (κ3) is 3.31. The van der Waals surface area contributed by atoms with E-state index in [-0.39, 0.29) is 23.9 Å². The lowest BCUT2D eigenvalue weighted by Crippen LogP contribution is -2.32. The first-order valence-electron chi connectivity index (χ1n) is 9.97. The summed E-state index contributed by atoms with van der Waals surface area (Å²) < 4.78 is 12.2. The summed E-state index contributed by atoms with van der Waals surface area (Å²) >= 11 is 0. The van der Waals surface area contributed by atoms with Crippen LogP contribution in [0.1, 0.15) is 35.2 Å². The Labute approximate surface area is 170 Å². The highest BCUT2D eigenvalue weighted by Gasteiger charge is 2.39. The Morgan fingerprint density at radius 2 is 1.79 bits per heavy atom. The molecule has 0 bridgehead atoms. The number of carbonyl (C=O) groups excluding carboxylic acids is 2. The first-order chi connectivity index (χ1) is 14.0. The maximum absolute atomic E-state index is 12.8. The average molecular weight is 391 g/mol. The number of ether oxygens (including phenoxy) is 2. The van der Waals surface area contributed by atoms with Gasteiger partial charge in [0.15, 0.2) is 0 Å². The van der Waals surface area contributed by atoms with Gasteiger partial charge in [-0.25, -0.2) is 9.36 Å². The summed E-state index contributed by atoms with van der Waals surface area (Å²) in [4.78, 5) is 25.5. The van der Waals surface area contributed by atoms with Gasteiger partial charge in [0.05, 0.1) is 25.2 Å². The molecule has 1 aromatic heterocycles. The van der Waals surface area contributed by atoms with E-state index in [2.05, 4.69) is 24.3 Å². The smallest absolute Gasteiger partial charge is 0.418 e. The van der Waals surface area contributed by atoms with Gasteiger partial charge in [-0.05, 0) is 43.9 Å². The molecule has 5 heteroatoms. The molecule has 1 aliphatic rings. The Bertz CT molecular complexity index is 1060. The van der Waals surface area contributed by atoms with Gasteiger partial charge in [-0.1, -0.05) is 48.0 Å². The minimum Gasteiger partial charge on any atom is -0.469 e. The number of methoxy groups -OCH3 is 1. The minimum absolute atomic E-state index is 0.0620. The standard InChI is InChI=1S/C24H25NO4/c1-4-29-24(27)25-21-8-6-5-7-17(21)19-13-20(23(26)28-3)18(14-22(19)25)16-11-9-15(2)10-12-16/h5-12,18,20H,4,13-14H2,1-3H3/t18-,20-/m1/s1. The quantitative estimate of drug-likeness (QED) is 0.611. The molecule has 0 N–H and O–H groups in total. The molecule has 150 valence electrons. The van der Waals surface area contributed by atoms with Crippen molar-refractivity contribution in [3.63, 3.8) is 0 Å². The molecule has 29 heavy (non-hydrogen) atoms. The topological polar surface area (TPSA) is 57.5 Å². The zero-order valence-electron chi connectivity index (χ0n) is 17.0. The minimum atomic E-state index is -0.371. The van der Waals surface area contributed by atoms with Gasteiger partial charge in [0.25, 0.3) is 0 Å². The van der Waals surface area contributed by atoms with Crippen LogP contribution in [0.3, 0.4) is 0 Å². The van der Waals surface area contributed by atoms with Crippen LogP contribution in [0.4, 0.5) is 4.79 Å². The number of nitrogens with zero attached hydrogens (tertiary/aromatic N) is 1. The second-order valence-corrected chi connectivity index (χ2v) is 7.53. The summed E-state index contributed by atoms with van der Waals surface area (Å²) in [6.07, 6.45) is 0.739. The largest absolute Gasteiger partial charge is 0.469 e. The third-order valence-electron chi connectivity index (χ3n) is 5.87. The van der Waals surface area contributed by atoms with Crippen molar-refractivity contribution in [2.45, 2.75) is 32.6 Å². The highest BCUT2D eigenvalue weighted by molar-refractivity contribution is 5.94. The van der Waals surface area contributed by atoms with Crippen molar-refractivity contribution in [3.05, 3.63) is 70.9 Å². The molecule has 0 radical (unpaired) electrons. The van der Waals surface area contributed by atoms with Gasteiger partial charge in [-0.15, -0.1) is 0 Å². The fourth-order valence-electron chi connectivity index (χ4n) is 4.47. The number of rotatable bonds is 3. The van der Waals surface area contributed by atoms with Crippen molar-refractivity contribution in [2.75, 3.05) is 13.7 Å². The lowest BCUT2D eigenvalue weighted by Gasteiger charge is -2.31. The summed E-state index contributed by atoms with van der Waals surface area (Å²) in [5.41, 5.74) is 5.03. The van der Waals surface area contributed by atoms with Crippen LogP contribution in [0.15, 0.2) is 48.5 Å². The fraction of sp³-hybridized carbons (Fsp3) is 0.333. The van der Waals surface area contributed by atoms with Gasteiger partial charge in [0.1, 0.15) is 0 Å².